The molecule has 2 atom stereocenters. The molecule has 0 aromatic heterocycles. The molecule has 3 aromatic rings. The molecular weight excluding hydrogens is 542 g/mol. The number of nitrogens with one attached hydrogen (secondary N) is 2. The average Bonchev–Trinajstić information content (AvgIpc) is 2.98. The van der Waals surface area contributed by atoms with Crippen LogP contribution in [0.3, 0.4) is 0 Å². The van der Waals surface area contributed by atoms with Gasteiger partial charge >= 0.3 is 5.97 Å². The van der Waals surface area contributed by atoms with Crippen molar-refractivity contribution in [3.8, 4) is 0 Å². The Morgan fingerprint density at radius 3 is 2.15 bits per heavy atom. The van der Waals surface area contributed by atoms with Gasteiger partial charge in [0.1, 0.15) is 12.1 Å². The van der Waals surface area contributed by atoms with E-state index in [2.05, 4.69) is 10.6 Å². The van der Waals surface area contributed by atoms with Crippen LogP contribution in [0.5, 0.6) is 0 Å². The first-order valence-corrected chi connectivity index (χ1v) is 15.2. The predicted octanol–water partition coefficient (Wildman–Crippen LogP) is 3.99. The summed E-state index contributed by atoms with van der Waals surface area (Å²) < 4.78 is 28.8. The lowest BCUT2D eigenvalue weighted by Crippen LogP contribution is -2.63. The number of piperidine rings is 2. The lowest BCUT2D eigenvalue weighted by molar-refractivity contribution is -0.143. The maximum atomic E-state index is 13.7. The molecule has 0 spiro atoms. The van der Waals surface area contributed by atoms with Crippen molar-refractivity contribution in [1.29, 1.82) is 0 Å². The maximum Gasteiger partial charge on any atom is 0.326 e. The van der Waals surface area contributed by atoms with Crippen LogP contribution in [0.25, 0.3) is 0 Å². The first-order chi connectivity index (χ1) is 19.6. The van der Waals surface area contributed by atoms with Gasteiger partial charge in [0.2, 0.25) is 15.9 Å². The first kappa shape index (κ1) is 28.5. The number of carbonyl (C=O) groups is 3. The zero-order valence-corrected chi connectivity index (χ0v) is 23.5. The van der Waals surface area contributed by atoms with Gasteiger partial charge in [-0.05, 0) is 80.5 Å². The Morgan fingerprint density at radius 1 is 0.902 bits per heavy atom. The topological polar surface area (TPSA) is 133 Å². The van der Waals surface area contributed by atoms with Crippen LogP contribution in [-0.4, -0.2) is 53.7 Å². The molecule has 2 saturated heterocycles. The van der Waals surface area contributed by atoms with Crippen LogP contribution in [0, 0.1) is 12.8 Å². The largest absolute Gasteiger partial charge is 0.480 e. The van der Waals surface area contributed by atoms with E-state index < -0.39 is 34.0 Å². The highest BCUT2D eigenvalue weighted by Crippen LogP contribution is 2.42. The van der Waals surface area contributed by atoms with Gasteiger partial charge in [-0.1, -0.05) is 48.0 Å². The van der Waals surface area contributed by atoms with Crippen LogP contribution in [0.2, 0.25) is 0 Å². The number of carboxylic acids is 1. The molecule has 3 aromatic carbocycles. The summed E-state index contributed by atoms with van der Waals surface area (Å²) in [5.41, 5.74) is 2.63. The SMILES string of the molecule is Cc1ccc(S(=O)(=O)N2C3CCC(CC3)[C@H]2C(=O)N[C@@H](Cc2ccc(NC(=O)c3ccccc3)cc2)C(=O)O)cc1. The van der Waals surface area contributed by atoms with Gasteiger partial charge in [0.25, 0.3) is 5.91 Å². The Bertz CT molecular complexity index is 1520. The van der Waals surface area contributed by atoms with Gasteiger partial charge in [0.15, 0.2) is 0 Å². The molecule has 2 amide bonds. The summed E-state index contributed by atoms with van der Waals surface area (Å²) in [5.74, 6) is -2.24. The summed E-state index contributed by atoms with van der Waals surface area (Å²) >= 11 is 0. The highest BCUT2D eigenvalue weighted by atomic mass is 32.2. The Balaban J connectivity index is 1.30. The zero-order valence-electron chi connectivity index (χ0n) is 22.7. The number of aryl methyl sites for hydroxylation is 1. The normalized spacial score (nSPS) is 21.1. The van der Waals surface area contributed by atoms with E-state index in [1.54, 1.807) is 72.8 Å². The Hall–Kier alpha value is -4.02. The second-order valence-electron chi connectivity index (χ2n) is 10.8. The van der Waals surface area contributed by atoms with Gasteiger partial charge in [-0.15, -0.1) is 0 Å². The van der Waals surface area contributed by atoms with Crippen LogP contribution in [-0.2, 0) is 26.0 Å². The highest BCUT2D eigenvalue weighted by molar-refractivity contribution is 7.89. The van der Waals surface area contributed by atoms with E-state index in [1.807, 2.05) is 13.0 Å². The van der Waals surface area contributed by atoms with Gasteiger partial charge in [-0.3, -0.25) is 9.59 Å². The van der Waals surface area contributed by atoms with Gasteiger partial charge in [0, 0.05) is 23.7 Å². The van der Waals surface area contributed by atoms with Crippen molar-refractivity contribution in [3.05, 3.63) is 95.6 Å². The number of carbonyl (C=O) groups excluding carboxylic acids is 2. The smallest absolute Gasteiger partial charge is 0.326 e. The third-order valence-electron chi connectivity index (χ3n) is 7.99. The minimum absolute atomic E-state index is 0.000484. The quantitative estimate of drug-likeness (QED) is 0.353. The molecule has 3 N–H and O–H groups in total. The Morgan fingerprint density at radius 2 is 1.54 bits per heavy atom. The van der Waals surface area contributed by atoms with Crippen LogP contribution >= 0.6 is 0 Å². The number of hydrogen-bond acceptors (Lipinski definition) is 5. The summed E-state index contributed by atoms with van der Waals surface area (Å²) in [6.07, 6.45) is 2.79. The molecule has 6 rings (SSSR count). The van der Waals surface area contributed by atoms with Crippen molar-refractivity contribution in [1.82, 2.24) is 9.62 Å². The van der Waals surface area contributed by atoms with E-state index in [-0.39, 0.29) is 29.2 Å². The van der Waals surface area contributed by atoms with Crippen LogP contribution in [0.15, 0.2) is 83.8 Å². The van der Waals surface area contributed by atoms with Crippen LogP contribution in [0.1, 0.15) is 47.2 Å². The molecule has 10 heteroatoms. The van der Waals surface area contributed by atoms with E-state index in [1.165, 1.54) is 4.31 Å². The molecule has 3 aliphatic rings. The monoisotopic (exact) mass is 575 g/mol. The third-order valence-corrected chi connectivity index (χ3v) is 9.94. The van der Waals surface area contributed by atoms with Crippen molar-refractivity contribution in [3.63, 3.8) is 0 Å². The fourth-order valence-corrected chi connectivity index (χ4v) is 7.72. The molecule has 2 bridgehead atoms. The summed E-state index contributed by atoms with van der Waals surface area (Å²) in [5, 5.41) is 15.4. The molecule has 1 saturated carbocycles. The fraction of sp³-hybridized carbons (Fsp3) is 0.323. The molecule has 0 unspecified atom stereocenters. The number of benzene rings is 3. The second kappa shape index (κ2) is 11.8. The number of sulfonamides is 1. The van der Waals surface area contributed by atoms with E-state index in [4.69, 9.17) is 0 Å². The first-order valence-electron chi connectivity index (χ1n) is 13.7. The zero-order chi connectivity index (χ0) is 29.1. The number of rotatable bonds is 9. The number of carboxylic acid groups (broad SMARTS) is 1. The van der Waals surface area contributed by atoms with E-state index in [0.29, 0.717) is 29.7 Å². The van der Waals surface area contributed by atoms with E-state index in [9.17, 15) is 27.9 Å². The van der Waals surface area contributed by atoms with Crippen molar-refractivity contribution in [2.75, 3.05) is 5.32 Å². The van der Waals surface area contributed by atoms with E-state index >= 15 is 0 Å². The van der Waals surface area contributed by atoms with Crippen LogP contribution < -0.4 is 10.6 Å². The fourth-order valence-electron chi connectivity index (χ4n) is 5.82. The molecule has 9 nitrogen and oxygen atoms in total. The number of aliphatic carboxylic acids is 1. The van der Waals surface area contributed by atoms with Gasteiger partial charge < -0.3 is 15.7 Å². The number of nitrogens with zero attached hydrogens (tertiary/aromatic N) is 1. The molecule has 41 heavy (non-hydrogen) atoms. The predicted molar refractivity (Wildman–Crippen MR) is 154 cm³/mol. The molecule has 3 fully saturated rings. The number of hydrogen-bond donors (Lipinski definition) is 3. The van der Waals surface area contributed by atoms with Crippen molar-refractivity contribution in [2.45, 2.75) is 62.0 Å². The standard InChI is InChI=1S/C31H33N3O6S/c1-20-7-17-26(18-8-20)41(39,40)34-25-15-11-22(12-16-25)28(34)30(36)33-27(31(37)38)19-21-9-13-24(14-10-21)32-29(35)23-5-3-2-4-6-23/h2-10,13-14,17-18,22,25,27-28H,11-12,15-16,19H2,1H3,(H,32,35)(H,33,36)(H,37,38)/t22?,25?,27-,28-/m0/s1. The average molecular weight is 576 g/mol. The van der Waals surface area contributed by atoms with Crippen LogP contribution in [0.4, 0.5) is 5.69 Å². The molecular formula is C31H33N3O6S. The highest BCUT2D eigenvalue weighted by Gasteiger charge is 2.51. The molecule has 2 aliphatic heterocycles. The third kappa shape index (κ3) is 6.18. The molecule has 214 valence electrons. The summed E-state index contributed by atoms with van der Waals surface area (Å²) in [4.78, 5) is 38.3. The van der Waals surface area contributed by atoms with Gasteiger partial charge in [0.05, 0.1) is 4.90 Å². The number of anilines is 1. The van der Waals surface area contributed by atoms with Crippen molar-refractivity contribution in [2.24, 2.45) is 5.92 Å². The minimum Gasteiger partial charge on any atom is -0.480 e. The lowest BCUT2D eigenvalue weighted by Gasteiger charge is -2.49. The second-order valence-corrected chi connectivity index (χ2v) is 12.6. The number of amides is 2. The Labute approximate surface area is 239 Å². The van der Waals surface area contributed by atoms with Gasteiger partial charge in [-0.2, -0.15) is 4.31 Å². The summed E-state index contributed by atoms with van der Waals surface area (Å²) in [7, 11) is -3.96. The summed E-state index contributed by atoms with van der Waals surface area (Å²) in [6, 6.07) is 19.5. The molecule has 1 aliphatic carbocycles. The molecule has 0 radical (unpaired) electrons. The van der Waals surface area contributed by atoms with E-state index in [0.717, 1.165) is 18.4 Å². The number of fused-ring (bicyclic) bond motifs is 3. The maximum absolute atomic E-state index is 13.7. The van der Waals surface area contributed by atoms with Gasteiger partial charge in [-0.25, -0.2) is 13.2 Å². The van der Waals surface area contributed by atoms with Crippen molar-refractivity contribution >= 4 is 33.5 Å². The molecule has 2 heterocycles. The lowest BCUT2D eigenvalue weighted by atomic mass is 9.76. The Kier molecular flexibility index (Phi) is 8.23. The minimum atomic E-state index is -3.96. The summed E-state index contributed by atoms with van der Waals surface area (Å²) in [6.45, 7) is 1.87. The van der Waals surface area contributed by atoms with Crippen molar-refractivity contribution < 1.29 is 27.9 Å².